The zero-order valence-corrected chi connectivity index (χ0v) is 9.53. The largest absolute Gasteiger partial charge is 0.368 e. The molecule has 0 bridgehead atoms. The molecule has 2 amide bonds. The summed E-state index contributed by atoms with van der Waals surface area (Å²) in [6.45, 7) is 4.63. The molecule has 0 aliphatic carbocycles. The number of rotatable bonds is 3. The second kappa shape index (κ2) is 5.14. The van der Waals surface area contributed by atoms with Gasteiger partial charge in [-0.15, -0.1) is 0 Å². The number of hydrogen-bond donors (Lipinski definition) is 1. The van der Waals surface area contributed by atoms with Crippen LogP contribution in [0.3, 0.4) is 0 Å². The Labute approximate surface area is 90.8 Å². The molecule has 0 aromatic rings. The highest BCUT2D eigenvalue weighted by Gasteiger charge is 2.34. The SMILES string of the molecule is CCCC(=O)N1CCCC(C)C1C(N)=O. The summed E-state index contributed by atoms with van der Waals surface area (Å²) in [7, 11) is 0. The number of amides is 2. The van der Waals surface area contributed by atoms with Gasteiger partial charge in [0, 0.05) is 13.0 Å². The molecule has 0 aromatic carbocycles. The molecule has 1 saturated heterocycles. The maximum Gasteiger partial charge on any atom is 0.240 e. The van der Waals surface area contributed by atoms with Crippen LogP contribution >= 0.6 is 0 Å². The third-order valence-electron chi connectivity index (χ3n) is 3.01. The Morgan fingerprint density at radius 3 is 2.67 bits per heavy atom. The van der Waals surface area contributed by atoms with E-state index in [1.807, 2.05) is 13.8 Å². The van der Waals surface area contributed by atoms with E-state index in [0.717, 1.165) is 19.3 Å². The van der Waals surface area contributed by atoms with E-state index in [4.69, 9.17) is 5.73 Å². The van der Waals surface area contributed by atoms with Gasteiger partial charge < -0.3 is 10.6 Å². The first-order valence-corrected chi connectivity index (χ1v) is 5.66. The summed E-state index contributed by atoms with van der Waals surface area (Å²) >= 11 is 0. The van der Waals surface area contributed by atoms with Gasteiger partial charge in [-0.1, -0.05) is 13.8 Å². The van der Waals surface area contributed by atoms with Crippen LogP contribution in [-0.4, -0.2) is 29.3 Å². The average molecular weight is 212 g/mol. The second-order valence-electron chi connectivity index (χ2n) is 4.30. The summed E-state index contributed by atoms with van der Waals surface area (Å²) in [6.07, 6.45) is 3.27. The molecule has 86 valence electrons. The highest BCUT2D eigenvalue weighted by Crippen LogP contribution is 2.23. The van der Waals surface area contributed by atoms with Gasteiger partial charge in [-0.2, -0.15) is 0 Å². The van der Waals surface area contributed by atoms with Gasteiger partial charge in [0.2, 0.25) is 11.8 Å². The minimum atomic E-state index is -0.391. The zero-order valence-electron chi connectivity index (χ0n) is 9.53. The summed E-state index contributed by atoms with van der Waals surface area (Å²) < 4.78 is 0. The smallest absolute Gasteiger partial charge is 0.240 e. The Morgan fingerprint density at radius 2 is 2.13 bits per heavy atom. The molecular formula is C11H20N2O2. The molecule has 0 radical (unpaired) electrons. The predicted molar refractivity (Wildman–Crippen MR) is 58.0 cm³/mol. The van der Waals surface area contributed by atoms with Crippen LogP contribution in [0.5, 0.6) is 0 Å². The molecule has 15 heavy (non-hydrogen) atoms. The summed E-state index contributed by atoms with van der Waals surface area (Å²) in [4.78, 5) is 24.8. The third-order valence-corrected chi connectivity index (χ3v) is 3.01. The average Bonchev–Trinajstić information content (AvgIpc) is 2.17. The summed E-state index contributed by atoms with van der Waals surface area (Å²) in [5.74, 6) is -0.114. The maximum atomic E-state index is 11.8. The van der Waals surface area contributed by atoms with E-state index in [1.165, 1.54) is 0 Å². The fourth-order valence-corrected chi connectivity index (χ4v) is 2.26. The lowest BCUT2D eigenvalue weighted by Crippen LogP contribution is -2.54. The third kappa shape index (κ3) is 2.70. The molecule has 1 aliphatic rings. The molecule has 2 N–H and O–H groups in total. The van der Waals surface area contributed by atoms with Gasteiger partial charge in [0.25, 0.3) is 0 Å². The van der Waals surface area contributed by atoms with E-state index < -0.39 is 6.04 Å². The van der Waals surface area contributed by atoms with E-state index in [1.54, 1.807) is 4.90 Å². The van der Waals surface area contributed by atoms with Crippen molar-refractivity contribution in [3.8, 4) is 0 Å². The van der Waals surface area contributed by atoms with E-state index in [9.17, 15) is 9.59 Å². The minimum absolute atomic E-state index is 0.0628. The Morgan fingerprint density at radius 1 is 1.47 bits per heavy atom. The van der Waals surface area contributed by atoms with Crippen LogP contribution < -0.4 is 5.73 Å². The fraction of sp³-hybridized carbons (Fsp3) is 0.818. The summed E-state index contributed by atoms with van der Waals surface area (Å²) in [5, 5.41) is 0. The predicted octanol–water partition coefficient (Wildman–Crippen LogP) is 0.899. The van der Waals surface area contributed by atoms with Crippen LogP contribution in [-0.2, 0) is 9.59 Å². The van der Waals surface area contributed by atoms with Crippen molar-refractivity contribution in [2.24, 2.45) is 11.7 Å². The highest BCUT2D eigenvalue weighted by molar-refractivity contribution is 5.87. The van der Waals surface area contributed by atoms with Gasteiger partial charge in [-0.05, 0) is 25.2 Å². The van der Waals surface area contributed by atoms with Crippen molar-refractivity contribution in [2.75, 3.05) is 6.54 Å². The van der Waals surface area contributed by atoms with Crippen LogP contribution in [0.4, 0.5) is 0 Å². The van der Waals surface area contributed by atoms with Crippen molar-refractivity contribution in [1.29, 1.82) is 0 Å². The van der Waals surface area contributed by atoms with Crippen LogP contribution in [0, 0.1) is 5.92 Å². The number of carbonyl (C=O) groups is 2. The first-order valence-electron chi connectivity index (χ1n) is 5.66. The van der Waals surface area contributed by atoms with Gasteiger partial charge in [0.05, 0.1) is 0 Å². The molecular weight excluding hydrogens is 192 g/mol. The molecule has 1 heterocycles. The number of primary amides is 1. The van der Waals surface area contributed by atoms with Crippen molar-refractivity contribution in [2.45, 2.75) is 45.6 Å². The van der Waals surface area contributed by atoms with Crippen molar-refractivity contribution < 1.29 is 9.59 Å². The minimum Gasteiger partial charge on any atom is -0.368 e. The van der Waals surface area contributed by atoms with E-state index in [2.05, 4.69) is 0 Å². The summed E-state index contributed by atoms with van der Waals surface area (Å²) in [5.41, 5.74) is 5.35. The molecule has 1 aliphatic heterocycles. The Balaban J connectivity index is 2.74. The number of nitrogens with zero attached hydrogens (tertiary/aromatic N) is 1. The van der Waals surface area contributed by atoms with Crippen LogP contribution in [0.15, 0.2) is 0 Å². The quantitative estimate of drug-likeness (QED) is 0.755. The second-order valence-corrected chi connectivity index (χ2v) is 4.30. The number of nitrogens with two attached hydrogens (primary N) is 1. The molecule has 4 heteroatoms. The Kier molecular flexibility index (Phi) is 4.12. The van der Waals surface area contributed by atoms with Gasteiger partial charge in [0.15, 0.2) is 0 Å². The molecule has 0 spiro atoms. The van der Waals surface area contributed by atoms with Crippen LogP contribution in [0.25, 0.3) is 0 Å². The van der Waals surface area contributed by atoms with Crippen molar-refractivity contribution in [3.63, 3.8) is 0 Å². The monoisotopic (exact) mass is 212 g/mol. The van der Waals surface area contributed by atoms with Gasteiger partial charge in [-0.25, -0.2) is 0 Å². The highest BCUT2D eigenvalue weighted by atomic mass is 16.2. The molecule has 1 rings (SSSR count). The lowest BCUT2D eigenvalue weighted by molar-refractivity contribution is -0.143. The lowest BCUT2D eigenvalue weighted by Gasteiger charge is -2.38. The van der Waals surface area contributed by atoms with Crippen molar-refractivity contribution in [1.82, 2.24) is 4.90 Å². The number of hydrogen-bond acceptors (Lipinski definition) is 2. The molecule has 2 unspecified atom stereocenters. The van der Waals surface area contributed by atoms with Gasteiger partial charge in [0.1, 0.15) is 6.04 Å². The Hall–Kier alpha value is -1.06. The van der Waals surface area contributed by atoms with E-state index >= 15 is 0 Å². The van der Waals surface area contributed by atoms with Gasteiger partial charge in [-0.3, -0.25) is 9.59 Å². The molecule has 0 aromatic heterocycles. The number of piperidine rings is 1. The zero-order chi connectivity index (χ0) is 11.4. The van der Waals surface area contributed by atoms with Crippen molar-refractivity contribution >= 4 is 11.8 Å². The standard InChI is InChI=1S/C11H20N2O2/c1-3-5-9(14)13-7-4-6-8(2)10(13)11(12)15/h8,10H,3-7H2,1-2H3,(H2,12,15). The first kappa shape index (κ1) is 12.0. The maximum absolute atomic E-state index is 11.8. The van der Waals surface area contributed by atoms with Crippen molar-refractivity contribution in [3.05, 3.63) is 0 Å². The molecule has 2 atom stereocenters. The van der Waals surface area contributed by atoms with Gasteiger partial charge >= 0.3 is 0 Å². The first-order chi connectivity index (χ1) is 7.07. The van der Waals surface area contributed by atoms with Crippen LogP contribution in [0.2, 0.25) is 0 Å². The number of likely N-dealkylation sites (tertiary alicyclic amines) is 1. The number of carbonyl (C=O) groups excluding carboxylic acids is 2. The van der Waals surface area contributed by atoms with E-state index in [-0.39, 0.29) is 17.7 Å². The van der Waals surface area contributed by atoms with E-state index in [0.29, 0.717) is 13.0 Å². The Bertz CT molecular complexity index is 253. The lowest BCUT2D eigenvalue weighted by atomic mass is 9.90. The van der Waals surface area contributed by atoms with Crippen LogP contribution in [0.1, 0.15) is 39.5 Å². The normalized spacial score (nSPS) is 26.4. The fourth-order valence-electron chi connectivity index (χ4n) is 2.26. The molecule has 1 fully saturated rings. The molecule has 4 nitrogen and oxygen atoms in total. The summed E-state index contributed by atoms with van der Waals surface area (Å²) in [6, 6.07) is -0.391. The topological polar surface area (TPSA) is 63.4 Å². The molecule has 0 saturated carbocycles.